The van der Waals surface area contributed by atoms with Crippen LogP contribution >= 0.6 is 0 Å². The standard InChI is InChI=1S/C18H17FN2/c1-12-7-8-15(10-17(12)19)20-11-14-9-13(2)21-18-6-4-3-5-16(14)18/h3-10,20H,11H2,1-2H3. The highest BCUT2D eigenvalue weighted by Gasteiger charge is 2.04. The zero-order chi connectivity index (χ0) is 14.8. The number of rotatable bonds is 3. The van der Waals surface area contributed by atoms with E-state index in [0.717, 1.165) is 22.3 Å². The minimum Gasteiger partial charge on any atom is -0.381 e. The Kier molecular flexibility index (Phi) is 3.57. The van der Waals surface area contributed by atoms with Gasteiger partial charge in [0.1, 0.15) is 5.82 Å². The molecule has 0 fully saturated rings. The van der Waals surface area contributed by atoms with Gasteiger partial charge < -0.3 is 5.32 Å². The van der Waals surface area contributed by atoms with Gasteiger partial charge in [0, 0.05) is 23.3 Å². The number of halogens is 1. The van der Waals surface area contributed by atoms with Gasteiger partial charge in [0.15, 0.2) is 0 Å². The number of hydrogen-bond acceptors (Lipinski definition) is 2. The third-order valence-corrected chi connectivity index (χ3v) is 3.58. The predicted molar refractivity (Wildman–Crippen MR) is 84.9 cm³/mol. The monoisotopic (exact) mass is 280 g/mol. The number of nitrogens with one attached hydrogen (secondary N) is 1. The highest BCUT2D eigenvalue weighted by molar-refractivity contribution is 5.82. The van der Waals surface area contributed by atoms with Gasteiger partial charge in [-0.25, -0.2) is 4.39 Å². The van der Waals surface area contributed by atoms with Crippen LogP contribution in [0.3, 0.4) is 0 Å². The summed E-state index contributed by atoms with van der Waals surface area (Å²) in [5.74, 6) is -0.184. The van der Waals surface area contributed by atoms with E-state index in [2.05, 4.69) is 22.4 Å². The third kappa shape index (κ3) is 2.87. The molecule has 0 spiro atoms. The molecular formula is C18H17FN2. The lowest BCUT2D eigenvalue weighted by atomic mass is 10.1. The zero-order valence-electron chi connectivity index (χ0n) is 12.2. The van der Waals surface area contributed by atoms with E-state index in [0.29, 0.717) is 12.1 Å². The maximum Gasteiger partial charge on any atom is 0.128 e. The van der Waals surface area contributed by atoms with Crippen LogP contribution in [0.15, 0.2) is 48.5 Å². The van der Waals surface area contributed by atoms with Crippen molar-refractivity contribution in [2.24, 2.45) is 0 Å². The summed E-state index contributed by atoms with van der Waals surface area (Å²) in [5.41, 5.74) is 4.59. The number of para-hydroxylation sites is 1. The van der Waals surface area contributed by atoms with Gasteiger partial charge >= 0.3 is 0 Å². The van der Waals surface area contributed by atoms with Crippen molar-refractivity contribution in [2.75, 3.05) is 5.32 Å². The minimum atomic E-state index is -0.184. The fourth-order valence-corrected chi connectivity index (χ4v) is 2.44. The smallest absolute Gasteiger partial charge is 0.128 e. The third-order valence-electron chi connectivity index (χ3n) is 3.58. The summed E-state index contributed by atoms with van der Waals surface area (Å²) < 4.78 is 13.6. The number of hydrogen-bond donors (Lipinski definition) is 1. The first-order valence-corrected chi connectivity index (χ1v) is 6.99. The predicted octanol–water partition coefficient (Wildman–Crippen LogP) is 4.60. The van der Waals surface area contributed by atoms with Crippen LogP contribution in [-0.4, -0.2) is 4.98 Å². The van der Waals surface area contributed by atoms with Gasteiger partial charge in [0.2, 0.25) is 0 Å². The van der Waals surface area contributed by atoms with Gasteiger partial charge in [0.05, 0.1) is 5.52 Å². The van der Waals surface area contributed by atoms with E-state index < -0.39 is 0 Å². The summed E-state index contributed by atoms with van der Waals surface area (Å²) in [6.07, 6.45) is 0. The Balaban J connectivity index is 1.89. The van der Waals surface area contributed by atoms with Crippen molar-refractivity contribution in [3.8, 4) is 0 Å². The van der Waals surface area contributed by atoms with Crippen LogP contribution < -0.4 is 5.32 Å². The lowest BCUT2D eigenvalue weighted by Gasteiger charge is -2.11. The van der Waals surface area contributed by atoms with Crippen molar-refractivity contribution in [2.45, 2.75) is 20.4 Å². The SMILES string of the molecule is Cc1cc(CNc2ccc(C)c(F)c2)c2ccccc2n1. The Bertz CT molecular complexity index is 796. The number of aryl methyl sites for hydroxylation is 2. The lowest BCUT2D eigenvalue weighted by Crippen LogP contribution is -2.02. The van der Waals surface area contributed by atoms with E-state index in [1.54, 1.807) is 13.0 Å². The molecule has 3 aromatic rings. The van der Waals surface area contributed by atoms with E-state index in [4.69, 9.17) is 0 Å². The summed E-state index contributed by atoms with van der Waals surface area (Å²) in [6, 6.07) is 15.4. The highest BCUT2D eigenvalue weighted by atomic mass is 19.1. The van der Waals surface area contributed by atoms with Crippen LogP contribution in [0.2, 0.25) is 0 Å². The van der Waals surface area contributed by atoms with E-state index in [-0.39, 0.29) is 5.82 Å². The number of pyridine rings is 1. The summed E-state index contributed by atoms with van der Waals surface area (Å²) in [6.45, 7) is 4.40. The zero-order valence-corrected chi connectivity index (χ0v) is 12.2. The molecule has 0 amide bonds. The molecule has 0 saturated heterocycles. The molecule has 0 radical (unpaired) electrons. The number of nitrogens with zero attached hydrogens (tertiary/aromatic N) is 1. The van der Waals surface area contributed by atoms with Crippen LogP contribution in [0.1, 0.15) is 16.8 Å². The average molecular weight is 280 g/mol. The molecule has 0 aliphatic carbocycles. The highest BCUT2D eigenvalue weighted by Crippen LogP contribution is 2.20. The topological polar surface area (TPSA) is 24.9 Å². The summed E-state index contributed by atoms with van der Waals surface area (Å²) >= 11 is 0. The molecule has 0 aliphatic rings. The second-order valence-corrected chi connectivity index (χ2v) is 5.26. The van der Waals surface area contributed by atoms with Crippen LogP contribution in [0, 0.1) is 19.7 Å². The van der Waals surface area contributed by atoms with E-state index in [1.165, 1.54) is 11.6 Å². The van der Waals surface area contributed by atoms with Gasteiger partial charge in [-0.2, -0.15) is 0 Å². The molecular weight excluding hydrogens is 263 g/mol. The van der Waals surface area contributed by atoms with E-state index in [1.807, 2.05) is 31.2 Å². The van der Waals surface area contributed by atoms with Crippen LogP contribution in [0.4, 0.5) is 10.1 Å². The van der Waals surface area contributed by atoms with Crippen molar-refractivity contribution >= 4 is 16.6 Å². The Morgan fingerprint density at radius 3 is 2.67 bits per heavy atom. The van der Waals surface area contributed by atoms with Gasteiger partial charge in [-0.3, -0.25) is 4.98 Å². The first kappa shape index (κ1) is 13.6. The average Bonchev–Trinajstić information content (AvgIpc) is 2.48. The van der Waals surface area contributed by atoms with Gasteiger partial charge in [-0.05, 0) is 49.2 Å². The molecule has 0 atom stereocenters. The van der Waals surface area contributed by atoms with Crippen molar-refractivity contribution in [3.05, 3.63) is 71.2 Å². The number of benzene rings is 2. The maximum absolute atomic E-state index is 13.6. The fraction of sp³-hybridized carbons (Fsp3) is 0.167. The molecule has 1 N–H and O–H groups in total. The number of anilines is 1. The number of aromatic nitrogens is 1. The molecule has 21 heavy (non-hydrogen) atoms. The van der Waals surface area contributed by atoms with Crippen LogP contribution in [0.5, 0.6) is 0 Å². The molecule has 0 aliphatic heterocycles. The Morgan fingerprint density at radius 2 is 1.86 bits per heavy atom. The Morgan fingerprint density at radius 1 is 1.05 bits per heavy atom. The van der Waals surface area contributed by atoms with Crippen molar-refractivity contribution < 1.29 is 4.39 Å². The van der Waals surface area contributed by atoms with Crippen molar-refractivity contribution in [3.63, 3.8) is 0 Å². The molecule has 106 valence electrons. The normalized spacial score (nSPS) is 10.8. The van der Waals surface area contributed by atoms with Gasteiger partial charge in [-0.15, -0.1) is 0 Å². The largest absolute Gasteiger partial charge is 0.381 e. The fourth-order valence-electron chi connectivity index (χ4n) is 2.44. The molecule has 0 saturated carbocycles. The first-order chi connectivity index (χ1) is 10.1. The second kappa shape index (κ2) is 5.52. The Hall–Kier alpha value is -2.42. The maximum atomic E-state index is 13.6. The van der Waals surface area contributed by atoms with Crippen LogP contribution in [0.25, 0.3) is 10.9 Å². The van der Waals surface area contributed by atoms with Crippen molar-refractivity contribution in [1.82, 2.24) is 4.98 Å². The van der Waals surface area contributed by atoms with Gasteiger partial charge in [0.25, 0.3) is 0 Å². The minimum absolute atomic E-state index is 0.184. The quantitative estimate of drug-likeness (QED) is 0.758. The first-order valence-electron chi connectivity index (χ1n) is 6.99. The molecule has 0 bridgehead atoms. The molecule has 2 nitrogen and oxygen atoms in total. The molecule has 3 heteroatoms. The second-order valence-electron chi connectivity index (χ2n) is 5.26. The van der Waals surface area contributed by atoms with E-state index >= 15 is 0 Å². The van der Waals surface area contributed by atoms with Crippen LogP contribution in [-0.2, 0) is 6.54 Å². The molecule has 1 heterocycles. The molecule has 2 aromatic carbocycles. The van der Waals surface area contributed by atoms with Crippen molar-refractivity contribution in [1.29, 1.82) is 0 Å². The lowest BCUT2D eigenvalue weighted by molar-refractivity contribution is 0.619. The summed E-state index contributed by atoms with van der Waals surface area (Å²) in [7, 11) is 0. The van der Waals surface area contributed by atoms with E-state index in [9.17, 15) is 4.39 Å². The summed E-state index contributed by atoms with van der Waals surface area (Å²) in [5, 5.41) is 4.41. The summed E-state index contributed by atoms with van der Waals surface area (Å²) in [4.78, 5) is 4.53. The van der Waals surface area contributed by atoms with Gasteiger partial charge in [-0.1, -0.05) is 24.3 Å². The molecule has 3 rings (SSSR count). The Labute approximate surface area is 123 Å². The molecule has 1 aromatic heterocycles. The number of fused-ring (bicyclic) bond motifs is 1. The molecule has 0 unspecified atom stereocenters.